The van der Waals surface area contributed by atoms with Crippen LogP contribution in [0.25, 0.3) is 0 Å². The lowest BCUT2D eigenvalue weighted by Crippen LogP contribution is -2.19. The summed E-state index contributed by atoms with van der Waals surface area (Å²) in [5.74, 6) is -0.678. The topological polar surface area (TPSA) is 86.1 Å². The maximum Gasteiger partial charge on any atom is 0.275 e. The Morgan fingerprint density at radius 2 is 2.07 bits per heavy atom. The number of nitrogens with zero attached hydrogens (tertiary/aromatic N) is 2. The van der Waals surface area contributed by atoms with Crippen LogP contribution in [0.2, 0.25) is 5.02 Å². The molecule has 0 unspecified atom stereocenters. The number of phenols is 1. The fraction of sp³-hybridized carbons (Fsp3) is 0.250. The van der Waals surface area contributed by atoms with Crippen LogP contribution in [0.4, 0.5) is 5.69 Å². The van der Waals surface area contributed by atoms with E-state index in [1.54, 1.807) is 18.7 Å². The molecule has 0 saturated heterocycles. The predicted molar refractivity (Wildman–Crippen MR) is 117 cm³/mol. The molecule has 2 aromatic rings. The van der Waals surface area contributed by atoms with E-state index < -0.39 is 5.91 Å². The van der Waals surface area contributed by atoms with E-state index in [1.807, 2.05) is 24.3 Å². The maximum absolute atomic E-state index is 12.2. The van der Waals surface area contributed by atoms with E-state index in [4.69, 9.17) is 11.6 Å². The number of aromatic hydroxyl groups is 1. The van der Waals surface area contributed by atoms with Crippen molar-refractivity contribution < 1.29 is 9.90 Å². The number of hydrogen-bond donors (Lipinski definition) is 3. The van der Waals surface area contributed by atoms with E-state index >= 15 is 0 Å². The molecule has 0 bridgehead atoms. The summed E-state index contributed by atoms with van der Waals surface area (Å²) in [5, 5.41) is 19.1. The average molecular weight is 417 g/mol. The van der Waals surface area contributed by atoms with Gasteiger partial charge in [0.25, 0.3) is 5.91 Å². The van der Waals surface area contributed by atoms with Crippen LogP contribution >= 0.6 is 23.4 Å². The molecule has 2 aromatic carbocycles. The number of amides is 1. The molecule has 3 rings (SSSR count). The molecule has 0 aliphatic carbocycles. The van der Waals surface area contributed by atoms with E-state index in [9.17, 15) is 9.90 Å². The maximum atomic E-state index is 12.2. The summed E-state index contributed by atoms with van der Waals surface area (Å²) in [5.41, 5.74) is 4.97. The highest BCUT2D eigenvalue weighted by molar-refractivity contribution is 8.15. The van der Waals surface area contributed by atoms with E-state index in [0.717, 1.165) is 29.4 Å². The van der Waals surface area contributed by atoms with E-state index in [1.165, 1.54) is 18.2 Å². The van der Waals surface area contributed by atoms with Crippen molar-refractivity contribution in [2.45, 2.75) is 25.5 Å². The molecular formula is C20H21ClN4O2S. The highest BCUT2D eigenvalue weighted by Crippen LogP contribution is 2.25. The smallest absolute Gasteiger partial charge is 0.275 e. The summed E-state index contributed by atoms with van der Waals surface area (Å²) in [7, 11) is 0. The van der Waals surface area contributed by atoms with Gasteiger partial charge in [-0.2, -0.15) is 5.10 Å². The van der Waals surface area contributed by atoms with Gasteiger partial charge in [-0.25, -0.2) is 5.43 Å². The van der Waals surface area contributed by atoms with Gasteiger partial charge in [-0.15, -0.1) is 0 Å². The molecule has 0 radical (unpaired) electrons. The van der Waals surface area contributed by atoms with Crippen molar-refractivity contribution in [1.82, 2.24) is 5.43 Å². The number of aliphatic imine (C=N–C) groups is 1. The molecule has 1 aliphatic rings. The Labute approximate surface area is 173 Å². The van der Waals surface area contributed by atoms with Gasteiger partial charge in [-0.05, 0) is 49.2 Å². The van der Waals surface area contributed by atoms with Gasteiger partial charge in [0.05, 0.1) is 17.8 Å². The minimum absolute atomic E-state index is 0.0730. The van der Waals surface area contributed by atoms with Gasteiger partial charge in [0.15, 0.2) is 5.17 Å². The zero-order chi connectivity index (χ0) is 20.1. The Morgan fingerprint density at radius 3 is 2.75 bits per heavy atom. The van der Waals surface area contributed by atoms with Gasteiger partial charge in [0, 0.05) is 16.0 Å². The molecule has 1 atom stereocenters. The Kier molecular flexibility index (Phi) is 6.59. The fourth-order valence-corrected chi connectivity index (χ4v) is 3.70. The first-order valence-electron chi connectivity index (χ1n) is 8.88. The van der Waals surface area contributed by atoms with Crippen molar-refractivity contribution in [2.75, 3.05) is 11.9 Å². The van der Waals surface area contributed by atoms with Crippen LogP contribution < -0.4 is 10.7 Å². The second kappa shape index (κ2) is 9.12. The first-order valence-corrected chi connectivity index (χ1v) is 10.1. The van der Waals surface area contributed by atoms with Gasteiger partial charge in [0.2, 0.25) is 0 Å². The number of anilines is 1. The lowest BCUT2D eigenvalue weighted by atomic mass is 10.1. The van der Waals surface area contributed by atoms with Crippen molar-refractivity contribution in [3.8, 4) is 5.75 Å². The average Bonchev–Trinajstić information content (AvgIpc) is 3.16. The quantitative estimate of drug-likeness (QED) is 0.495. The van der Waals surface area contributed by atoms with Crippen molar-refractivity contribution in [3.05, 3.63) is 58.6 Å². The third-order valence-electron chi connectivity index (χ3n) is 4.25. The van der Waals surface area contributed by atoms with Crippen molar-refractivity contribution in [2.24, 2.45) is 10.1 Å². The van der Waals surface area contributed by atoms with Crippen LogP contribution in [0.1, 0.15) is 36.2 Å². The number of carbonyl (C=O) groups excluding carboxylic acids is 1. The summed E-state index contributed by atoms with van der Waals surface area (Å²) in [6, 6.07) is 12.0. The highest BCUT2D eigenvalue weighted by Gasteiger charge is 2.17. The Hall–Kier alpha value is -2.51. The van der Waals surface area contributed by atoms with Crippen LogP contribution in [-0.4, -0.2) is 33.7 Å². The minimum Gasteiger partial charge on any atom is -0.507 e. The first kappa shape index (κ1) is 20.2. The number of carbonyl (C=O) groups is 1. The molecule has 0 saturated carbocycles. The van der Waals surface area contributed by atoms with Gasteiger partial charge < -0.3 is 10.4 Å². The lowest BCUT2D eigenvalue weighted by molar-refractivity contribution is 0.0952. The third kappa shape index (κ3) is 5.05. The van der Waals surface area contributed by atoms with E-state index in [-0.39, 0.29) is 11.3 Å². The van der Waals surface area contributed by atoms with Gasteiger partial charge in [-0.3, -0.25) is 9.79 Å². The summed E-state index contributed by atoms with van der Waals surface area (Å²) in [4.78, 5) is 16.7. The zero-order valence-electron chi connectivity index (χ0n) is 15.6. The van der Waals surface area contributed by atoms with Crippen LogP contribution in [0, 0.1) is 0 Å². The van der Waals surface area contributed by atoms with Crippen LogP contribution in [0.15, 0.2) is 52.6 Å². The standard InChI is InChI=1S/C20H21ClN4O2S/c1-3-16-11-22-20(28-16)23-15-7-4-13(5-8-15)12(2)24-25-19(27)17-10-14(21)6-9-18(17)26/h4-10,16,26H,3,11H2,1-2H3,(H,22,23)(H,25,27)/b24-12-/t16-/m1/s1. The van der Waals surface area contributed by atoms with Crippen LogP contribution in [0.3, 0.4) is 0 Å². The minimum atomic E-state index is -0.528. The van der Waals surface area contributed by atoms with E-state index in [2.05, 4.69) is 27.8 Å². The zero-order valence-corrected chi connectivity index (χ0v) is 17.1. The summed E-state index contributed by atoms with van der Waals surface area (Å²) in [6.45, 7) is 4.82. The van der Waals surface area contributed by atoms with Crippen LogP contribution in [-0.2, 0) is 0 Å². The summed E-state index contributed by atoms with van der Waals surface area (Å²) in [6.07, 6.45) is 1.10. The van der Waals surface area contributed by atoms with Gasteiger partial charge in [0.1, 0.15) is 5.75 Å². The second-order valence-corrected chi connectivity index (χ2v) is 8.02. The molecular weight excluding hydrogens is 396 g/mol. The third-order valence-corrected chi connectivity index (χ3v) is 5.76. The Bertz CT molecular complexity index is 928. The summed E-state index contributed by atoms with van der Waals surface area (Å²) < 4.78 is 0. The molecule has 0 fully saturated rings. The van der Waals surface area contributed by atoms with Gasteiger partial charge >= 0.3 is 0 Å². The molecule has 146 valence electrons. The number of hydrogen-bond acceptors (Lipinski definition) is 6. The van der Waals surface area contributed by atoms with Crippen LogP contribution in [0.5, 0.6) is 5.75 Å². The van der Waals surface area contributed by atoms with Crippen molar-refractivity contribution in [3.63, 3.8) is 0 Å². The molecule has 3 N–H and O–H groups in total. The molecule has 1 amide bonds. The normalized spacial score (nSPS) is 16.6. The number of hydrazone groups is 1. The molecule has 1 aliphatic heterocycles. The largest absolute Gasteiger partial charge is 0.507 e. The first-order chi connectivity index (χ1) is 13.5. The van der Waals surface area contributed by atoms with Crippen molar-refractivity contribution >= 4 is 45.8 Å². The molecule has 0 aromatic heterocycles. The number of amidine groups is 1. The molecule has 6 nitrogen and oxygen atoms in total. The Morgan fingerprint density at radius 1 is 1.32 bits per heavy atom. The number of nitrogens with one attached hydrogen (secondary N) is 2. The van der Waals surface area contributed by atoms with Crippen molar-refractivity contribution in [1.29, 1.82) is 0 Å². The Balaban J connectivity index is 1.61. The number of phenolic OH excluding ortho intramolecular Hbond substituents is 1. The monoisotopic (exact) mass is 416 g/mol. The second-order valence-electron chi connectivity index (χ2n) is 6.30. The number of benzene rings is 2. The molecule has 1 heterocycles. The number of rotatable bonds is 5. The SMILES string of the molecule is CC[C@@H]1CN=C(Nc2ccc(/C(C)=N\NC(=O)c3cc(Cl)ccc3O)cc2)S1. The molecule has 8 heteroatoms. The number of halogens is 1. The summed E-state index contributed by atoms with van der Waals surface area (Å²) >= 11 is 7.63. The van der Waals surface area contributed by atoms with E-state index in [0.29, 0.717) is 16.0 Å². The van der Waals surface area contributed by atoms with Gasteiger partial charge in [-0.1, -0.05) is 42.4 Å². The lowest BCUT2D eigenvalue weighted by Gasteiger charge is -2.08. The highest BCUT2D eigenvalue weighted by atomic mass is 35.5. The number of thioether (sulfide) groups is 1. The fourth-order valence-electron chi connectivity index (χ4n) is 2.57. The molecule has 0 spiro atoms. The predicted octanol–water partition coefficient (Wildman–Crippen LogP) is 4.49. The molecule has 28 heavy (non-hydrogen) atoms.